The van der Waals surface area contributed by atoms with Crippen LogP contribution in [0.2, 0.25) is 0 Å². The van der Waals surface area contributed by atoms with Crippen molar-refractivity contribution in [2.75, 3.05) is 60.7 Å². The normalized spacial score (nSPS) is 14.7. The van der Waals surface area contributed by atoms with Crippen LogP contribution in [0, 0.1) is 0 Å². The third kappa shape index (κ3) is 27.0. The van der Waals surface area contributed by atoms with Crippen LogP contribution in [-0.4, -0.2) is 71.3 Å². The van der Waals surface area contributed by atoms with Gasteiger partial charge in [-0.2, -0.15) is 0 Å². The summed E-state index contributed by atoms with van der Waals surface area (Å²) >= 11 is 0. The Kier molecular flexibility index (Phi) is 24.1. The Bertz CT molecular complexity index is 515. The molecule has 8 heteroatoms. The summed E-state index contributed by atoms with van der Waals surface area (Å²) in [4.78, 5) is 12.2. The van der Waals surface area contributed by atoms with E-state index in [2.05, 4.69) is 13.8 Å². The van der Waals surface area contributed by atoms with E-state index >= 15 is 0 Å². The second kappa shape index (κ2) is 24.1. The Hall–Kier alpha value is -0.0100. The molecular formula is C28H60NO6P. The van der Waals surface area contributed by atoms with Gasteiger partial charge in [-0.05, 0) is 12.8 Å². The van der Waals surface area contributed by atoms with E-state index in [-0.39, 0.29) is 13.2 Å². The highest BCUT2D eigenvalue weighted by Gasteiger charge is 2.17. The minimum absolute atomic E-state index is 0.0704. The maximum atomic E-state index is 12.2. The van der Waals surface area contributed by atoms with Crippen molar-refractivity contribution in [3.63, 3.8) is 0 Å². The number of nitrogens with zero attached hydrogens (tertiary/aromatic N) is 1. The number of ether oxygens (including phenoxy) is 2. The fourth-order valence-corrected chi connectivity index (χ4v) is 4.55. The summed E-state index contributed by atoms with van der Waals surface area (Å²) in [5, 5.41) is 0. The summed E-state index contributed by atoms with van der Waals surface area (Å²) in [6.07, 6.45) is 19.5. The highest BCUT2D eigenvalue weighted by Crippen LogP contribution is 2.38. The first-order valence-electron chi connectivity index (χ1n) is 14.8. The zero-order valence-electron chi connectivity index (χ0n) is 24.5. The van der Waals surface area contributed by atoms with E-state index < -0.39 is 13.9 Å². The summed E-state index contributed by atoms with van der Waals surface area (Å²) in [5.41, 5.74) is 0. The molecule has 0 aromatic carbocycles. The number of unbranched alkanes of at least 4 members (excludes halogenated alkanes) is 14. The highest BCUT2D eigenvalue weighted by molar-refractivity contribution is 7.45. The molecule has 0 amide bonds. The van der Waals surface area contributed by atoms with Crippen molar-refractivity contribution in [2.45, 2.75) is 123 Å². The second-order valence-corrected chi connectivity index (χ2v) is 12.5. The molecule has 0 aliphatic heterocycles. The number of hydrogen-bond donors (Lipinski definition) is 0. The van der Waals surface area contributed by atoms with E-state index in [4.69, 9.17) is 18.5 Å². The molecule has 0 bridgehead atoms. The van der Waals surface area contributed by atoms with Gasteiger partial charge >= 0.3 is 0 Å². The number of rotatable bonds is 28. The Labute approximate surface area is 223 Å². The summed E-state index contributed by atoms with van der Waals surface area (Å²) in [7, 11) is 1.60. The van der Waals surface area contributed by atoms with Gasteiger partial charge in [-0.25, -0.2) is 0 Å². The van der Waals surface area contributed by atoms with Crippen LogP contribution >= 0.6 is 7.82 Å². The Balaban J connectivity index is 4.16. The van der Waals surface area contributed by atoms with Gasteiger partial charge in [0.25, 0.3) is 7.82 Å². The number of hydrogen-bond acceptors (Lipinski definition) is 6. The largest absolute Gasteiger partial charge is 0.756 e. The zero-order chi connectivity index (χ0) is 27.0. The van der Waals surface area contributed by atoms with Gasteiger partial charge in [-0.1, -0.05) is 104 Å². The first kappa shape index (κ1) is 36.0. The average Bonchev–Trinajstić information content (AvgIpc) is 2.81. The topological polar surface area (TPSA) is 77.1 Å². The summed E-state index contributed by atoms with van der Waals surface area (Å²) in [6, 6.07) is 0. The second-order valence-electron chi connectivity index (χ2n) is 11.1. The van der Waals surface area contributed by atoms with Crippen molar-refractivity contribution in [3.05, 3.63) is 0 Å². The molecule has 2 unspecified atom stereocenters. The minimum atomic E-state index is -4.36. The molecule has 0 radical (unpaired) electrons. The lowest BCUT2D eigenvalue weighted by molar-refractivity contribution is -0.870. The van der Waals surface area contributed by atoms with Crippen LogP contribution in [-0.2, 0) is 23.1 Å². The molecule has 0 saturated carbocycles. The maximum absolute atomic E-state index is 12.2. The summed E-state index contributed by atoms with van der Waals surface area (Å²) in [5.74, 6) is 0. The van der Waals surface area contributed by atoms with E-state index in [1.165, 1.54) is 83.5 Å². The molecule has 0 spiro atoms. The molecule has 218 valence electrons. The van der Waals surface area contributed by atoms with Crippen molar-refractivity contribution < 1.29 is 32.5 Å². The van der Waals surface area contributed by atoms with Gasteiger partial charge in [0, 0.05) is 13.2 Å². The molecule has 0 aromatic rings. The van der Waals surface area contributed by atoms with E-state index in [1.54, 1.807) is 0 Å². The SMILES string of the molecule is CCCCCCCCCCCCOCC(COP(=O)([O-])OCC[N+](C)(C)C)OCCCCCCCC. The van der Waals surface area contributed by atoms with E-state index in [1.807, 2.05) is 21.1 Å². The van der Waals surface area contributed by atoms with Crippen LogP contribution in [0.1, 0.15) is 117 Å². The van der Waals surface area contributed by atoms with Crippen molar-refractivity contribution in [1.82, 2.24) is 0 Å². The predicted molar refractivity (Wildman–Crippen MR) is 148 cm³/mol. The Morgan fingerprint density at radius 1 is 0.639 bits per heavy atom. The third-order valence-corrected chi connectivity index (χ3v) is 7.19. The summed E-state index contributed by atoms with van der Waals surface area (Å²) < 4.78 is 34.7. The van der Waals surface area contributed by atoms with Gasteiger partial charge in [-0.15, -0.1) is 0 Å². The maximum Gasteiger partial charge on any atom is 0.268 e. The van der Waals surface area contributed by atoms with Gasteiger partial charge in [0.1, 0.15) is 19.3 Å². The predicted octanol–water partition coefficient (Wildman–Crippen LogP) is 6.88. The average molecular weight is 538 g/mol. The Morgan fingerprint density at radius 2 is 1.11 bits per heavy atom. The van der Waals surface area contributed by atoms with Crippen molar-refractivity contribution in [3.8, 4) is 0 Å². The molecule has 0 N–H and O–H groups in total. The number of phosphoric acid groups is 1. The molecular weight excluding hydrogens is 477 g/mol. The van der Waals surface area contributed by atoms with Crippen molar-refractivity contribution in [1.29, 1.82) is 0 Å². The smallest absolute Gasteiger partial charge is 0.268 e. The number of phosphoric ester groups is 1. The molecule has 0 fully saturated rings. The lowest BCUT2D eigenvalue weighted by Gasteiger charge is -2.28. The number of likely N-dealkylation sites (N-methyl/N-ethyl adjacent to an activating group) is 1. The van der Waals surface area contributed by atoms with Crippen LogP contribution in [0.15, 0.2) is 0 Å². The van der Waals surface area contributed by atoms with Crippen LogP contribution in [0.5, 0.6) is 0 Å². The first-order valence-corrected chi connectivity index (χ1v) is 16.3. The number of quaternary nitrogens is 1. The van der Waals surface area contributed by atoms with E-state index in [0.717, 1.165) is 19.3 Å². The highest BCUT2D eigenvalue weighted by atomic mass is 31.2. The van der Waals surface area contributed by atoms with Crippen LogP contribution in [0.3, 0.4) is 0 Å². The van der Waals surface area contributed by atoms with Gasteiger partial charge in [0.2, 0.25) is 0 Å². The van der Waals surface area contributed by atoms with Gasteiger partial charge in [-0.3, -0.25) is 4.57 Å². The molecule has 2 atom stereocenters. The zero-order valence-corrected chi connectivity index (χ0v) is 25.4. The van der Waals surface area contributed by atoms with Crippen LogP contribution in [0.4, 0.5) is 0 Å². The van der Waals surface area contributed by atoms with E-state index in [0.29, 0.717) is 30.8 Å². The lowest BCUT2D eigenvalue weighted by Crippen LogP contribution is -2.37. The molecule has 0 aliphatic carbocycles. The van der Waals surface area contributed by atoms with Crippen molar-refractivity contribution in [2.24, 2.45) is 0 Å². The molecule has 0 aromatic heterocycles. The third-order valence-electron chi connectivity index (χ3n) is 6.23. The Morgan fingerprint density at radius 3 is 1.61 bits per heavy atom. The lowest BCUT2D eigenvalue weighted by atomic mass is 10.1. The molecule has 36 heavy (non-hydrogen) atoms. The van der Waals surface area contributed by atoms with Gasteiger partial charge in [0.05, 0.1) is 34.4 Å². The van der Waals surface area contributed by atoms with Gasteiger partial charge < -0.3 is 27.9 Å². The molecule has 0 heterocycles. The minimum Gasteiger partial charge on any atom is -0.756 e. The summed E-state index contributed by atoms with van der Waals surface area (Å²) in [6.45, 7) is 6.67. The first-order chi connectivity index (χ1) is 17.2. The molecule has 7 nitrogen and oxygen atoms in total. The quantitative estimate of drug-likeness (QED) is 0.0615. The molecule has 0 rings (SSSR count). The monoisotopic (exact) mass is 537 g/mol. The fourth-order valence-electron chi connectivity index (χ4n) is 3.82. The van der Waals surface area contributed by atoms with Crippen LogP contribution in [0.25, 0.3) is 0 Å². The fraction of sp³-hybridized carbons (Fsp3) is 1.00. The van der Waals surface area contributed by atoms with Crippen LogP contribution < -0.4 is 4.89 Å². The van der Waals surface area contributed by atoms with E-state index in [9.17, 15) is 9.46 Å². The van der Waals surface area contributed by atoms with Crippen molar-refractivity contribution >= 4 is 7.82 Å². The molecule has 0 saturated heterocycles. The van der Waals surface area contributed by atoms with Gasteiger partial charge in [0.15, 0.2) is 0 Å². The molecule has 0 aliphatic rings. The standard InChI is InChI=1S/C28H60NO6P/c1-6-8-10-12-14-15-16-17-18-20-23-32-26-28(33-24-21-19-13-11-9-7-2)27-35-36(30,31)34-25-22-29(3,4)5/h28H,6-27H2,1-5H3.